The van der Waals surface area contributed by atoms with Crippen LogP contribution in [0.2, 0.25) is 0 Å². The summed E-state index contributed by atoms with van der Waals surface area (Å²) in [6.07, 6.45) is 0. The highest BCUT2D eigenvalue weighted by Crippen LogP contribution is 2.24. The van der Waals surface area contributed by atoms with Crippen molar-refractivity contribution in [1.82, 2.24) is 0 Å². The number of nitro benzene ring substituents is 1. The Morgan fingerprint density at radius 2 is 1.47 bits per heavy atom. The lowest BCUT2D eigenvalue weighted by atomic mass is 10.2. The molecule has 0 spiro atoms. The zero-order valence-electron chi connectivity index (χ0n) is 10.5. The second kappa shape index (κ2) is 6.29. The minimum atomic E-state index is -0.377. The van der Waals surface area contributed by atoms with Crippen molar-refractivity contribution in [2.24, 2.45) is 0 Å². The van der Waals surface area contributed by atoms with E-state index in [2.05, 4.69) is 18.0 Å². The van der Waals surface area contributed by atoms with Crippen LogP contribution in [0.25, 0.3) is 0 Å². The molecule has 0 heterocycles. The van der Waals surface area contributed by atoms with Crippen molar-refractivity contribution < 1.29 is 4.92 Å². The van der Waals surface area contributed by atoms with Crippen LogP contribution >= 0.6 is 10.5 Å². The van der Waals surface area contributed by atoms with Crippen LogP contribution < -0.4 is 0 Å². The van der Waals surface area contributed by atoms with Crippen LogP contribution in [-0.2, 0) is 11.5 Å². The van der Waals surface area contributed by atoms with Gasteiger partial charge in [-0.15, -0.1) is 0 Å². The van der Waals surface area contributed by atoms with Crippen LogP contribution in [0.1, 0.15) is 11.1 Å². The lowest BCUT2D eigenvalue weighted by Gasteiger charge is -2.07. The van der Waals surface area contributed by atoms with E-state index in [9.17, 15) is 10.1 Å². The molecule has 2 rings (SSSR count). The van der Waals surface area contributed by atoms with Gasteiger partial charge in [0, 0.05) is 23.6 Å². The molecule has 0 saturated heterocycles. The molecule has 19 heavy (non-hydrogen) atoms. The minimum absolute atomic E-state index is 0.00914. The van der Waals surface area contributed by atoms with Crippen LogP contribution in [0.5, 0.6) is 0 Å². The smallest absolute Gasteiger partial charge is 0.258 e. The molecule has 0 radical (unpaired) electrons. The van der Waals surface area contributed by atoms with E-state index in [0.29, 0.717) is 0 Å². The van der Waals surface area contributed by atoms with E-state index in [4.69, 9.17) is 0 Å². The Balaban J connectivity index is 1.97. The Hall–Kier alpha value is -1.94. The second-order valence-electron chi connectivity index (χ2n) is 4.31. The number of non-ortho nitro benzene ring substituents is 1. The molecule has 0 amide bonds. The Bertz CT molecular complexity index is 579. The highest BCUT2D eigenvalue weighted by molar-refractivity contribution is 8.12. The summed E-state index contributed by atoms with van der Waals surface area (Å²) in [5.74, 6) is 5.98. The summed E-state index contributed by atoms with van der Waals surface area (Å²) in [6, 6.07) is 17.0. The second-order valence-corrected chi connectivity index (χ2v) is 6.11. The maximum atomic E-state index is 10.6. The normalized spacial score (nSPS) is 12.0. The molecule has 98 valence electrons. The van der Waals surface area contributed by atoms with Gasteiger partial charge in [-0.05, 0) is 11.1 Å². The molecule has 2 aromatic carbocycles. The van der Waals surface area contributed by atoms with Crippen molar-refractivity contribution in [3.63, 3.8) is 0 Å². The standard InChI is InChI=1S/C15H15NO2S/c1-19(11-13-5-3-2-4-6-13)12-14-7-9-15(10-8-14)16(17)18/h2-10H,1,11-12H2. The SMILES string of the molecule is C=S(Cc1ccccc1)Cc1ccc([N+](=O)[O-])cc1. The van der Waals surface area contributed by atoms with Gasteiger partial charge >= 0.3 is 0 Å². The number of nitro groups is 1. The van der Waals surface area contributed by atoms with E-state index in [1.54, 1.807) is 12.1 Å². The van der Waals surface area contributed by atoms with E-state index in [0.717, 1.165) is 17.1 Å². The van der Waals surface area contributed by atoms with Crippen LogP contribution in [0.15, 0.2) is 54.6 Å². The molecular formula is C15H15NO2S. The van der Waals surface area contributed by atoms with Gasteiger partial charge in [-0.2, -0.15) is 10.5 Å². The van der Waals surface area contributed by atoms with Gasteiger partial charge in [0.15, 0.2) is 0 Å². The highest BCUT2D eigenvalue weighted by atomic mass is 32.2. The largest absolute Gasteiger partial charge is 0.269 e. The van der Waals surface area contributed by atoms with Gasteiger partial charge in [0.05, 0.1) is 4.92 Å². The number of benzene rings is 2. The van der Waals surface area contributed by atoms with Gasteiger partial charge in [-0.1, -0.05) is 48.3 Å². The summed E-state index contributed by atoms with van der Waals surface area (Å²) in [6.45, 7) is 0. The van der Waals surface area contributed by atoms with Crippen molar-refractivity contribution >= 4 is 22.0 Å². The average Bonchev–Trinajstić information content (AvgIpc) is 2.40. The molecular weight excluding hydrogens is 258 g/mol. The molecule has 0 aliphatic carbocycles. The first-order valence-electron chi connectivity index (χ1n) is 5.89. The third-order valence-electron chi connectivity index (χ3n) is 2.73. The zero-order valence-corrected chi connectivity index (χ0v) is 11.3. The van der Waals surface area contributed by atoms with Gasteiger partial charge in [0.25, 0.3) is 5.69 Å². The van der Waals surface area contributed by atoms with Gasteiger partial charge in [-0.3, -0.25) is 10.1 Å². The lowest BCUT2D eigenvalue weighted by Crippen LogP contribution is -1.90. The van der Waals surface area contributed by atoms with E-state index >= 15 is 0 Å². The molecule has 1 atom stereocenters. The van der Waals surface area contributed by atoms with Crippen molar-refractivity contribution in [2.45, 2.75) is 11.5 Å². The molecule has 0 fully saturated rings. The fourth-order valence-electron chi connectivity index (χ4n) is 1.81. The first-order valence-corrected chi connectivity index (χ1v) is 7.63. The third kappa shape index (κ3) is 4.03. The fourth-order valence-corrected chi connectivity index (χ4v) is 3.24. The maximum absolute atomic E-state index is 10.6. The van der Waals surface area contributed by atoms with Gasteiger partial charge in [-0.25, -0.2) is 0 Å². The summed E-state index contributed by atoms with van der Waals surface area (Å²) in [5, 5.41) is 10.6. The molecule has 0 bridgehead atoms. The predicted molar refractivity (Wildman–Crippen MR) is 81.7 cm³/mol. The summed E-state index contributed by atoms with van der Waals surface area (Å²) in [4.78, 5) is 10.2. The Kier molecular flexibility index (Phi) is 4.47. The number of nitrogens with zero attached hydrogens (tertiary/aromatic N) is 1. The summed E-state index contributed by atoms with van der Waals surface area (Å²) < 4.78 is 0. The molecule has 2 aromatic rings. The first kappa shape index (κ1) is 13.5. The topological polar surface area (TPSA) is 43.1 Å². The van der Waals surface area contributed by atoms with Crippen molar-refractivity contribution in [1.29, 1.82) is 0 Å². The molecule has 0 N–H and O–H groups in total. The van der Waals surface area contributed by atoms with Crippen molar-refractivity contribution in [3.8, 4) is 0 Å². The summed E-state index contributed by atoms with van der Waals surface area (Å²) in [5.41, 5.74) is 2.51. The molecule has 4 heteroatoms. The summed E-state index contributed by atoms with van der Waals surface area (Å²) in [7, 11) is -0.00914. The molecule has 0 aliphatic rings. The van der Waals surface area contributed by atoms with Crippen LogP contribution in [-0.4, -0.2) is 10.8 Å². The average molecular weight is 273 g/mol. The monoisotopic (exact) mass is 273 g/mol. The zero-order chi connectivity index (χ0) is 13.7. The molecule has 0 aromatic heterocycles. The van der Waals surface area contributed by atoms with E-state index < -0.39 is 0 Å². The Morgan fingerprint density at radius 3 is 2.00 bits per heavy atom. The number of rotatable bonds is 5. The van der Waals surface area contributed by atoms with Crippen LogP contribution in [0, 0.1) is 10.1 Å². The third-order valence-corrected chi connectivity index (χ3v) is 4.21. The van der Waals surface area contributed by atoms with Crippen molar-refractivity contribution in [3.05, 3.63) is 75.8 Å². The Labute approximate surface area is 115 Å². The number of hydrogen-bond acceptors (Lipinski definition) is 2. The predicted octanol–water partition coefficient (Wildman–Crippen LogP) is 4.00. The van der Waals surface area contributed by atoms with E-state index in [1.807, 2.05) is 30.3 Å². The molecule has 3 nitrogen and oxygen atoms in total. The van der Waals surface area contributed by atoms with Crippen LogP contribution in [0.3, 0.4) is 0 Å². The maximum Gasteiger partial charge on any atom is 0.269 e. The van der Waals surface area contributed by atoms with Crippen LogP contribution in [0.4, 0.5) is 5.69 Å². The highest BCUT2D eigenvalue weighted by Gasteiger charge is 2.04. The minimum Gasteiger partial charge on any atom is -0.258 e. The quantitative estimate of drug-likeness (QED) is 0.469. The molecule has 1 unspecified atom stereocenters. The lowest BCUT2D eigenvalue weighted by molar-refractivity contribution is -0.384. The molecule has 0 aliphatic heterocycles. The van der Waals surface area contributed by atoms with E-state index in [1.165, 1.54) is 5.56 Å². The summed E-state index contributed by atoms with van der Waals surface area (Å²) >= 11 is 0. The molecule has 0 saturated carbocycles. The number of hydrogen-bond donors (Lipinski definition) is 0. The Morgan fingerprint density at radius 1 is 0.947 bits per heavy atom. The van der Waals surface area contributed by atoms with Gasteiger partial charge in [0.1, 0.15) is 0 Å². The van der Waals surface area contributed by atoms with E-state index in [-0.39, 0.29) is 21.1 Å². The fraction of sp³-hybridized carbons (Fsp3) is 0.133. The van der Waals surface area contributed by atoms with Gasteiger partial charge in [0.2, 0.25) is 0 Å². The first-order chi connectivity index (χ1) is 9.15. The van der Waals surface area contributed by atoms with Gasteiger partial charge < -0.3 is 0 Å². The van der Waals surface area contributed by atoms with Crippen molar-refractivity contribution in [2.75, 3.05) is 0 Å².